The van der Waals surface area contributed by atoms with E-state index in [1.54, 1.807) is 13.8 Å². The summed E-state index contributed by atoms with van der Waals surface area (Å²) >= 11 is 0. The highest BCUT2D eigenvalue weighted by molar-refractivity contribution is 5.90. The monoisotopic (exact) mass is 302 g/mol. The molecule has 8 nitrogen and oxygen atoms in total. The van der Waals surface area contributed by atoms with Gasteiger partial charge in [-0.05, 0) is 31.7 Å². The van der Waals surface area contributed by atoms with E-state index in [9.17, 15) is 14.4 Å². The zero-order valence-electron chi connectivity index (χ0n) is 12.6. The molecule has 0 aromatic heterocycles. The highest BCUT2D eigenvalue weighted by atomic mass is 16.4. The molecule has 2 amide bonds. The van der Waals surface area contributed by atoms with E-state index in [1.807, 2.05) is 0 Å². The Labute approximate surface area is 124 Å². The standard InChI is InChI=1S/C13H26N4O4/c1-8(2)11(17-10(18)7-15)12(19)16-9(13(20)21)5-3-4-6-14/h8-9,11H,3-7,14-15H2,1-2H3,(H,16,19)(H,17,18)(H,20,21). The predicted molar refractivity (Wildman–Crippen MR) is 78.3 cm³/mol. The van der Waals surface area contributed by atoms with Crippen LogP contribution in [0.15, 0.2) is 0 Å². The Morgan fingerprint density at radius 2 is 1.71 bits per heavy atom. The van der Waals surface area contributed by atoms with Crippen LogP contribution in [0.1, 0.15) is 33.1 Å². The molecular weight excluding hydrogens is 276 g/mol. The third-order valence-electron chi connectivity index (χ3n) is 3.01. The normalized spacial score (nSPS) is 13.6. The van der Waals surface area contributed by atoms with Gasteiger partial charge in [0.15, 0.2) is 0 Å². The molecule has 2 atom stereocenters. The van der Waals surface area contributed by atoms with Crippen molar-refractivity contribution in [3.05, 3.63) is 0 Å². The summed E-state index contributed by atoms with van der Waals surface area (Å²) in [7, 11) is 0. The predicted octanol–water partition coefficient (Wildman–Crippen LogP) is -1.22. The number of unbranched alkanes of at least 4 members (excludes halogenated alkanes) is 1. The van der Waals surface area contributed by atoms with Gasteiger partial charge in [0.2, 0.25) is 11.8 Å². The highest BCUT2D eigenvalue weighted by Gasteiger charge is 2.27. The molecule has 0 aromatic rings. The lowest BCUT2D eigenvalue weighted by Gasteiger charge is -2.23. The van der Waals surface area contributed by atoms with Gasteiger partial charge in [-0.2, -0.15) is 0 Å². The molecule has 21 heavy (non-hydrogen) atoms. The Kier molecular flexibility index (Phi) is 9.31. The molecule has 0 rings (SSSR count). The van der Waals surface area contributed by atoms with Crippen molar-refractivity contribution in [2.45, 2.75) is 45.2 Å². The number of carbonyl (C=O) groups excluding carboxylic acids is 2. The maximum atomic E-state index is 12.1. The zero-order valence-corrected chi connectivity index (χ0v) is 12.6. The van der Waals surface area contributed by atoms with Crippen LogP contribution in [0.3, 0.4) is 0 Å². The Morgan fingerprint density at radius 1 is 1.10 bits per heavy atom. The van der Waals surface area contributed by atoms with E-state index < -0.39 is 29.9 Å². The maximum absolute atomic E-state index is 12.1. The summed E-state index contributed by atoms with van der Waals surface area (Å²) in [6.07, 6.45) is 1.60. The number of hydrogen-bond acceptors (Lipinski definition) is 5. The van der Waals surface area contributed by atoms with E-state index in [0.29, 0.717) is 25.8 Å². The molecule has 122 valence electrons. The number of aliphatic carboxylic acids is 1. The van der Waals surface area contributed by atoms with Gasteiger partial charge in [0, 0.05) is 0 Å². The van der Waals surface area contributed by atoms with Crippen LogP contribution >= 0.6 is 0 Å². The second kappa shape index (κ2) is 10.1. The number of hydrogen-bond donors (Lipinski definition) is 5. The second-order valence-electron chi connectivity index (χ2n) is 5.18. The molecule has 0 aliphatic heterocycles. The average Bonchev–Trinajstić information content (AvgIpc) is 2.42. The van der Waals surface area contributed by atoms with Crippen molar-refractivity contribution in [2.75, 3.05) is 13.1 Å². The van der Waals surface area contributed by atoms with Crippen molar-refractivity contribution < 1.29 is 19.5 Å². The van der Waals surface area contributed by atoms with Crippen molar-refractivity contribution in [2.24, 2.45) is 17.4 Å². The fourth-order valence-corrected chi connectivity index (χ4v) is 1.78. The Bertz CT molecular complexity index is 360. The molecule has 0 aromatic carbocycles. The van der Waals surface area contributed by atoms with Crippen molar-refractivity contribution >= 4 is 17.8 Å². The molecule has 0 bridgehead atoms. The van der Waals surface area contributed by atoms with Crippen LogP contribution in [-0.2, 0) is 14.4 Å². The van der Waals surface area contributed by atoms with E-state index in [2.05, 4.69) is 10.6 Å². The summed E-state index contributed by atoms with van der Waals surface area (Å²) in [6, 6.07) is -1.79. The van der Waals surface area contributed by atoms with Crippen LogP contribution in [0.5, 0.6) is 0 Å². The molecule has 0 spiro atoms. The molecule has 0 aliphatic rings. The van der Waals surface area contributed by atoms with Gasteiger partial charge < -0.3 is 27.2 Å². The molecule has 0 radical (unpaired) electrons. The molecule has 0 fully saturated rings. The first-order valence-electron chi connectivity index (χ1n) is 7.06. The van der Waals surface area contributed by atoms with E-state index in [4.69, 9.17) is 16.6 Å². The molecule has 2 unspecified atom stereocenters. The van der Waals surface area contributed by atoms with Crippen LogP contribution in [0.2, 0.25) is 0 Å². The number of amides is 2. The minimum atomic E-state index is -1.10. The molecule has 0 heterocycles. The maximum Gasteiger partial charge on any atom is 0.326 e. The third kappa shape index (κ3) is 7.62. The minimum absolute atomic E-state index is 0.181. The lowest BCUT2D eigenvalue weighted by molar-refractivity contribution is -0.142. The Hall–Kier alpha value is -1.67. The summed E-state index contributed by atoms with van der Waals surface area (Å²) in [6.45, 7) is 3.76. The fraction of sp³-hybridized carbons (Fsp3) is 0.769. The third-order valence-corrected chi connectivity index (χ3v) is 3.01. The first kappa shape index (κ1) is 19.3. The van der Waals surface area contributed by atoms with Crippen LogP contribution in [0.25, 0.3) is 0 Å². The van der Waals surface area contributed by atoms with Gasteiger partial charge >= 0.3 is 5.97 Å². The summed E-state index contributed by atoms with van der Waals surface area (Å²) in [4.78, 5) is 34.6. The van der Waals surface area contributed by atoms with E-state index >= 15 is 0 Å². The molecule has 0 saturated carbocycles. The van der Waals surface area contributed by atoms with Gasteiger partial charge in [-0.1, -0.05) is 13.8 Å². The van der Waals surface area contributed by atoms with E-state index in [1.165, 1.54) is 0 Å². The Morgan fingerprint density at radius 3 is 2.14 bits per heavy atom. The number of carboxylic acids is 1. The lowest BCUT2D eigenvalue weighted by atomic mass is 10.0. The summed E-state index contributed by atoms with van der Waals surface area (Å²) in [5.74, 6) is -2.27. The van der Waals surface area contributed by atoms with Crippen LogP contribution in [0, 0.1) is 5.92 Å². The van der Waals surface area contributed by atoms with Crippen LogP contribution < -0.4 is 22.1 Å². The van der Waals surface area contributed by atoms with E-state index in [-0.39, 0.29) is 12.5 Å². The first-order valence-corrected chi connectivity index (χ1v) is 7.06. The second-order valence-corrected chi connectivity index (χ2v) is 5.18. The van der Waals surface area contributed by atoms with Crippen LogP contribution in [-0.4, -0.2) is 48.1 Å². The van der Waals surface area contributed by atoms with Crippen molar-refractivity contribution in [3.63, 3.8) is 0 Å². The van der Waals surface area contributed by atoms with Gasteiger partial charge in [-0.3, -0.25) is 9.59 Å². The summed E-state index contributed by atoms with van der Waals surface area (Å²) < 4.78 is 0. The summed E-state index contributed by atoms with van der Waals surface area (Å²) in [5, 5.41) is 14.1. The van der Waals surface area contributed by atoms with Gasteiger partial charge in [-0.15, -0.1) is 0 Å². The van der Waals surface area contributed by atoms with Gasteiger partial charge in [0.05, 0.1) is 6.54 Å². The average molecular weight is 302 g/mol. The Balaban J connectivity index is 4.67. The van der Waals surface area contributed by atoms with Crippen molar-refractivity contribution in [1.29, 1.82) is 0 Å². The smallest absolute Gasteiger partial charge is 0.326 e. The number of carbonyl (C=O) groups is 3. The molecule has 0 saturated heterocycles. The van der Waals surface area contributed by atoms with Crippen LogP contribution in [0.4, 0.5) is 0 Å². The first-order chi connectivity index (χ1) is 9.83. The topological polar surface area (TPSA) is 148 Å². The van der Waals surface area contributed by atoms with Gasteiger partial charge in [0.1, 0.15) is 12.1 Å². The fourth-order valence-electron chi connectivity index (χ4n) is 1.78. The minimum Gasteiger partial charge on any atom is -0.480 e. The molecule has 7 N–H and O–H groups in total. The number of nitrogens with two attached hydrogens (primary N) is 2. The molecular formula is C13H26N4O4. The quantitative estimate of drug-likeness (QED) is 0.320. The van der Waals surface area contributed by atoms with Gasteiger partial charge in [0.25, 0.3) is 0 Å². The number of carboxylic acid groups (broad SMARTS) is 1. The highest BCUT2D eigenvalue weighted by Crippen LogP contribution is 2.05. The van der Waals surface area contributed by atoms with Crippen molar-refractivity contribution in [1.82, 2.24) is 10.6 Å². The number of nitrogens with one attached hydrogen (secondary N) is 2. The molecule has 0 aliphatic carbocycles. The largest absolute Gasteiger partial charge is 0.480 e. The molecule has 8 heteroatoms. The number of rotatable bonds is 10. The van der Waals surface area contributed by atoms with Gasteiger partial charge in [-0.25, -0.2) is 4.79 Å². The lowest BCUT2D eigenvalue weighted by Crippen LogP contribution is -2.54. The zero-order chi connectivity index (χ0) is 16.4. The SMILES string of the molecule is CC(C)C(NC(=O)CN)C(=O)NC(CCCCN)C(=O)O. The summed E-state index contributed by atoms with van der Waals surface area (Å²) in [5.41, 5.74) is 10.6. The van der Waals surface area contributed by atoms with E-state index in [0.717, 1.165) is 0 Å². The van der Waals surface area contributed by atoms with Crippen molar-refractivity contribution in [3.8, 4) is 0 Å².